The van der Waals surface area contributed by atoms with Crippen LogP contribution in [0.5, 0.6) is 0 Å². The Hall–Kier alpha value is -3.81. The van der Waals surface area contributed by atoms with E-state index in [-0.39, 0.29) is 22.7 Å². The third-order valence-electron chi connectivity index (χ3n) is 4.60. The van der Waals surface area contributed by atoms with Crippen molar-refractivity contribution in [1.82, 2.24) is 19.1 Å². The number of benzene rings is 2. The van der Waals surface area contributed by atoms with Gasteiger partial charge < -0.3 is 5.73 Å². The first-order chi connectivity index (χ1) is 13.4. The van der Waals surface area contributed by atoms with Gasteiger partial charge in [-0.1, -0.05) is 24.3 Å². The van der Waals surface area contributed by atoms with Crippen LogP contribution in [0.2, 0.25) is 0 Å². The summed E-state index contributed by atoms with van der Waals surface area (Å²) >= 11 is 0. The van der Waals surface area contributed by atoms with Crippen LogP contribution in [0.1, 0.15) is 16.1 Å². The number of nitrogens with two attached hydrogens (primary N) is 1. The second kappa shape index (κ2) is 6.41. The molecule has 0 aliphatic carbocycles. The minimum Gasteiger partial charge on any atom is -0.364 e. The summed E-state index contributed by atoms with van der Waals surface area (Å²) in [4.78, 5) is 33.9. The van der Waals surface area contributed by atoms with Crippen molar-refractivity contribution in [2.75, 3.05) is 0 Å². The van der Waals surface area contributed by atoms with Gasteiger partial charge in [-0.3, -0.25) is 9.36 Å². The fourth-order valence-corrected chi connectivity index (χ4v) is 3.18. The number of aryl methyl sites for hydroxylation is 2. The maximum Gasteiger partial charge on any atom is 0.334 e. The maximum absolute atomic E-state index is 13.3. The number of carbonyl (C=O) groups excluding carboxylic acids is 1. The summed E-state index contributed by atoms with van der Waals surface area (Å²) in [6.45, 7) is 1.89. The summed E-state index contributed by atoms with van der Waals surface area (Å²) in [5.74, 6) is -0.917. The molecule has 0 fully saturated rings. The summed E-state index contributed by atoms with van der Waals surface area (Å²) in [5, 5.41) is 0. The first-order valence-electron chi connectivity index (χ1n) is 8.49. The Labute approximate surface area is 158 Å². The third kappa shape index (κ3) is 2.66. The highest BCUT2D eigenvalue weighted by atomic mass is 19.1. The van der Waals surface area contributed by atoms with Crippen molar-refractivity contribution in [1.29, 1.82) is 0 Å². The Balaban J connectivity index is 2.13. The zero-order valence-electron chi connectivity index (χ0n) is 15.2. The molecule has 2 aromatic carbocycles. The molecule has 0 spiro atoms. The largest absolute Gasteiger partial charge is 0.364 e. The van der Waals surface area contributed by atoms with E-state index in [1.807, 2.05) is 31.2 Å². The van der Waals surface area contributed by atoms with Gasteiger partial charge in [0.15, 0.2) is 17.2 Å². The minimum absolute atomic E-state index is 0.0521. The van der Waals surface area contributed by atoms with Crippen molar-refractivity contribution in [3.05, 3.63) is 76.1 Å². The molecule has 0 aliphatic rings. The number of fused-ring (bicyclic) bond motifs is 1. The quantitative estimate of drug-likeness (QED) is 0.593. The van der Waals surface area contributed by atoms with Gasteiger partial charge in [-0.15, -0.1) is 0 Å². The number of amides is 1. The van der Waals surface area contributed by atoms with E-state index in [2.05, 4.69) is 9.97 Å². The summed E-state index contributed by atoms with van der Waals surface area (Å²) in [7, 11) is 1.51. The lowest BCUT2D eigenvalue weighted by atomic mass is 10.1. The van der Waals surface area contributed by atoms with Gasteiger partial charge in [-0.05, 0) is 36.8 Å². The fraction of sp³-hybridized carbons (Fsp3) is 0.100. The molecule has 0 aliphatic heterocycles. The van der Waals surface area contributed by atoms with E-state index < -0.39 is 17.4 Å². The van der Waals surface area contributed by atoms with E-state index in [0.29, 0.717) is 11.3 Å². The summed E-state index contributed by atoms with van der Waals surface area (Å²) in [5.41, 5.74) is 7.54. The molecule has 28 heavy (non-hydrogen) atoms. The molecule has 0 bridgehead atoms. The number of nitrogens with zero attached hydrogens (tertiary/aromatic N) is 4. The van der Waals surface area contributed by atoms with E-state index in [1.54, 1.807) is 0 Å². The highest BCUT2D eigenvalue weighted by Crippen LogP contribution is 2.25. The van der Waals surface area contributed by atoms with Gasteiger partial charge in [0.25, 0.3) is 5.91 Å². The lowest BCUT2D eigenvalue weighted by Crippen LogP contribution is -2.21. The van der Waals surface area contributed by atoms with Crippen molar-refractivity contribution in [3.63, 3.8) is 0 Å². The van der Waals surface area contributed by atoms with Gasteiger partial charge in [0.1, 0.15) is 11.3 Å². The zero-order chi connectivity index (χ0) is 20.0. The van der Waals surface area contributed by atoms with Gasteiger partial charge in [0.2, 0.25) is 0 Å². The van der Waals surface area contributed by atoms with Gasteiger partial charge in [-0.2, -0.15) is 0 Å². The molecule has 0 saturated carbocycles. The molecule has 0 unspecified atom stereocenters. The lowest BCUT2D eigenvalue weighted by Gasteiger charge is -2.08. The normalized spacial score (nSPS) is 11.1. The Kier molecular flexibility index (Phi) is 4.03. The van der Waals surface area contributed by atoms with Crippen molar-refractivity contribution >= 4 is 17.1 Å². The summed E-state index contributed by atoms with van der Waals surface area (Å²) < 4.78 is 15.9. The molecule has 7 nitrogen and oxygen atoms in total. The minimum atomic E-state index is -0.769. The number of hydrogen-bond acceptors (Lipinski definition) is 4. The molecule has 8 heteroatoms. The molecule has 2 N–H and O–H groups in total. The van der Waals surface area contributed by atoms with Crippen LogP contribution >= 0.6 is 0 Å². The number of carbonyl (C=O) groups is 1. The first-order valence-corrected chi connectivity index (χ1v) is 8.49. The number of aromatic nitrogens is 4. The second-order valence-electron chi connectivity index (χ2n) is 6.40. The van der Waals surface area contributed by atoms with E-state index in [9.17, 15) is 14.0 Å². The predicted octanol–water partition coefficient (Wildman–Crippen LogP) is 2.33. The van der Waals surface area contributed by atoms with E-state index in [0.717, 1.165) is 5.56 Å². The molecule has 0 atom stereocenters. The molecule has 0 radical (unpaired) electrons. The van der Waals surface area contributed by atoms with Crippen LogP contribution in [0.15, 0.2) is 53.3 Å². The molecule has 2 heterocycles. The van der Waals surface area contributed by atoms with E-state index in [1.165, 1.54) is 40.4 Å². The van der Waals surface area contributed by atoms with Crippen molar-refractivity contribution in [2.24, 2.45) is 12.8 Å². The van der Waals surface area contributed by atoms with Crippen LogP contribution in [0.25, 0.3) is 28.2 Å². The number of imidazole rings is 1. The topological polar surface area (TPSA) is 95.8 Å². The Bertz CT molecular complexity index is 1290. The maximum atomic E-state index is 13.3. The van der Waals surface area contributed by atoms with Gasteiger partial charge >= 0.3 is 5.69 Å². The molecule has 1 amide bonds. The SMILES string of the molecule is Cc1ccccc1-c1nc(C(N)=O)c2c(n1)n(-c1ccc(F)cc1)c(=O)n2C. The van der Waals surface area contributed by atoms with Crippen LogP contribution in [0.3, 0.4) is 0 Å². The predicted molar refractivity (Wildman–Crippen MR) is 103 cm³/mol. The average Bonchev–Trinajstić information content (AvgIpc) is 2.93. The van der Waals surface area contributed by atoms with Gasteiger partial charge in [0.05, 0.1) is 5.69 Å². The molecular weight excluding hydrogens is 361 g/mol. The second-order valence-corrected chi connectivity index (χ2v) is 6.40. The monoisotopic (exact) mass is 377 g/mol. The van der Waals surface area contributed by atoms with Crippen molar-refractivity contribution < 1.29 is 9.18 Å². The first kappa shape index (κ1) is 17.6. The zero-order valence-corrected chi connectivity index (χ0v) is 15.2. The molecular formula is C20H16FN5O2. The van der Waals surface area contributed by atoms with Gasteiger partial charge in [-0.25, -0.2) is 23.7 Å². The Morgan fingerprint density at radius 1 is 1.07 bits per heavy atom. The molecule has 2 aromatic heterocycles. The fourth-order valence-electron chi connectivity index (χ4n) is 3.18. The standard InChI is InChI=1S/C20H16FN5O2/c1-11-5-3-4-6-14(11)18-23-15(17(22)27)16-19(24-18)26(20(28)25(16)2)13-9-7-12(21)8-10-13/h3-10H,1-2H3,(H2,22,27). The van der Waals surface area contributed by atoms with E-state index in [4.69, 9.17) is 5.73 Å². The summed E-state index contributed by atoms with van der Waals surface area (Å²) in [6.07, 6.45) is 0. The highest BCUT2D eigenvalue weighted by Gasteiger charge is 2.23. The van der Waals surface area contributed by atoms with Crippen molar-refractivity contribution in [3.8, 4) is 17.1 Å². The molecule has 140 valence electrons. The van der Waals surface area contributed by atoms with Crippen LogP contribution in [-0.2, 0) is 7.05 Å². The lowest BCUT2D eigenvalue weighted by molar-refractivity contribution is 0.0997. The van der Waals surface area contributed by atoms with Gasteiger partial charge in [0, 0.05) is 12.6 Å². The van der Waals surface area contributed by atoms with Crippen LogP contribution in [-0.4, -0.2) is 25.0 Å². The summed E-state index contributed by atoms with van der Waals surface area (Å²) in [6, 6.07) is 12.9. The molecule has 4 rings (SSSR count). The number of rotatable bonds is 3. The average molecular weight is 377 g/mol. The number of halogens is 1. The number of primary amides is 1. The van der Waals surface area contributed by atoms with E-state index >= 15 is 0 Å². The molecule has 0 saturated heterocycles. The third-order valence-corrected chi connectivity index (χ3v) is 4.60. The number of hydrogen-bond donors (Lipinski definition) is 1. The van der Waals surface area contributed by atoms with Crippen LogP contribution in [0, 0.1) is 12.7 Å². The van der Waals surface area contributed by atoms with Crippen molar-refractivity contribution in [2.45, 2.75) is 6.92 Å². The highest BCUT2D eigenvalue weighted by molar-refractivity contribution is 6.02. The van der Waals surface area contributed by atoms with Crippen LogP contribution in [0.4, 0.5) is 4.39 Å². The van der Waals surface area contributed by atoms with Crippen LogP contribution < -0.4 is 11.4 Å². The Morgan fingerprint density at radius 2 is 1.75 bits per heavy atom. The Morgan fingerprint density at radius 3 is 2.39 bits per heavy atom. The smallest absolute Gasteiger partial charge is 0.334 e. The molecule has 4 aromatic rings.